The molecule has 0 saturated heterocycles. The predicted octanol–water partition coefficient (Wildman–Crippen LogP) is -2.70. The lowest BCUT2D eigenvalue weighted by molar-refractivity contribution is -0.896. The van der Waals surface area contributed by atoms with Gasteiger partial charge in [-0.3, -0.25) is 9.59 Å². The van der Waals surface area contributed by atoms with Crippen LogP contribution < -0.4 is 37.7 Å². The van der Waals surface area contributed by atoms with Gasteiger partial charge >= 0.3 is 0 Å². The number of rotatable bonds is 9. The lowest BCUT2D eigenvalue weighted by Crippen LogP contribution is -3.11. The van der Waals surface area contributed by atoms with Crippen LogP contribution in [0, 0.1) is 0 Å². The zero-order valence-electron chi connectivity index (χ0n) is 16.6. The average Bonchev–Trinajstić information content (AvgIpc) is 2.67. The first-order valence-electron chi connectivity index (χ1n) is 9.09. The normalized spacial score (nSPS) is 10.6. The van der Waals surface area contributed by atoms with Crippen molar-refractivity contribution in [1.82, 2.24) is 10.3 Å². The van der Waals surface area contributed by atoms with Gasteiger partial charge in [0.05, 0.1) is 39.4 Å². The second-order valence-corrected chi connectivity index (χ2v) is 6.25. The number of amides is 1. The van der Waals surface area contributed by atoms with Gasteiger partial charge in [0.25, 0.3) is 11.5 Å². The fraction of sp³-hybridized carbons (Fsp3) is 0.474. The Balaban J connectivity index is 0.00000392. The molecule has 2 aromatic rings. The van der Waals surface area contributed by atoms with E-state index in [-0.39, 0.29) is 23.7 Å². The summed E-state index contributed by atoms with van der Waals surface area (Å²) in [6, 6.07) is 3.07. The van der Waals surface area contributed by atoms with E-state index in [9.17, 15) is 14.7 Å². The summed E-state index contributed by atoms with van der Waals surface area (Å²) >= 11 is 0. The molecule has 2 rings (SSSR count). The number of aromatic amines is 1. The number of hydrogen-bond acceptors (Lipinski definition) is 5. The van der Waals surface area contributed by atoms with Crippen LogP contribution in [0.3, 0.4) is 0 Å². The van der Waals surface area contributed by atoms with Crippen LogP contribution in [0.2, 0.25) is 0 Å². The number of ether oxygens (including phenoxy) is 2. The molecule has 0 aliphatic heterocycles. The van der Waals surface area contributed by atoms with Gasteiger partial charge in [-0.1, -0.05) is 0 Å². The molecule has 0 radical (unpaired) electrons. The predicted molar refractivity (Wildman–Crippen MR) is 103 cm³/mol. The molecule has 1 aromatic carbocycles. The van der Waals surface area contributed by atoms with Crippen molar-refractivity contribution >= 4 is 16.8 Å². The van der Waals surface area contributed by atoms with Gasteiger partial charge in [-0.2, -0.15) is 0 Å². The standard InChI is InChI=1S/C19H27N3O5.ClH/c1-5-22(6-2)9-7-8-20-18(24)16-17(23)12-10-14(26-3)15(27-4)11-13(12)21-19(16)25;/h10-11H,5-9H2,1-4H3,(H,20,24)(H2,21,23,25);1H. The van der Waals surface area contributed by atoms with Crippen LogP contribution in [0.15, 0.2) is 16.9 Å². The van der Waals surface area contributed by atoms with Gasteiger partial charge in [0.15, 0.2) is 11.5 Å². The second kappa shape index (κ2) is 10.8. The van der Waals surface area contributed by atoms with E-state index in [0.717, 1.165) is 26.1 Å². The molecule has 0 aliphatic carbocycles. The number of quaternary nitrogens is 1. The van der Waals surface area contributed by atoms with Gasteiger partial charge in [-0.05, 0) is 19.9 Å². The van der Waals surface area contributed by atoms with Crippen molar-refractivity contribution in [1.29, 1.82) is 0 Å². The van der Waals surface area contributed by atoms with Crippen molar-refractivity contribution in [3.05, 3.63) is 28.0 Å². The van der Waals surface area contributed by atoms with E-state index in [0.29, 0.717) is 28.9 Å². The van der Waals surface area contributed by atoms with Gasteiger partial charge in [-0.15, -0.1) is 0 Å². The topological polar surface area (TPSA) is 105 Å². The van der Waals surface area contributed by atoms with Crippen LogP contribution in [0.25, 0.3) is 10.9 Å². The molecular formula is C19H28ClN3O5. The summed E-state index contributed by atoms with van der Waals surface area (Å²) in [4.78, 5) is 28.8. The number of halogens is 1. The van der Waals surface area contributed by atoms with Crippen LogP contribution >= 0.6 is 0 Å². The summed E-state index contributed by atoms with van der Waals surface area (Å²) in [7, 11) is 2.95. The number of aromatic hydroxyl groups is 1. The quantitative estimate of drug-likeness (QED) is 0.335. The fourth-order valence-electron chi connectivity index (χ4n) is 3.05. The molecular weight excluding hydrogens is 386 g/mol. The van der Waals surface area contributed by atoms with Gasteiger partial charge in [0, 0.05) is 24.4 Å². The first-order chi connectivity index (χ1) is 13.0. The highest BCUT2D eigenvalue weighted by Gasteiger charge is 2.20. The number of carbonyl (C=O) groups excluding carboxylic acids is 1. The summed E-state index contributed by atoms with van der Waals surface area (Å²) in [6.45, 7) is 7.66. The smallest absolute Gasteiger partial charge is 0.265 e. The second-order valence-electron chi connectivity index (χ2n) is 6.25. The summed E-state index contributed by atoms with van der Waals surface area (Å²) in [6.07, 6.45) is 0.792. The number of nitrogens with one attached hydrogen (secondary N) is 3. The zero-order chi connectivity index (χ0) is 20.0. The minimum Gasteiger partial charge on any atom is -1.00 e. The molecule has 1 heterocycles. The summed E-state index contributed by atoms with van der Waals surface area (Å²) in [5.74, 6) is -0.168. The van der Waals surface area contributed by atoms with Crippen molar-refractivity contribution in [2.75, 3.05) is 40.4 Å². The number of hydrogen-bond donors (Lipinski definition) is 4. The fourth-order valence-corrected chi connectivity index (χ4v) is 3.05. The molecule has 4 N–H and O–H groups in total. The average molecular weight is 414 g/mol. The van der Waals surface area contributed by atoms with Crippen molar-refractivity contribution in [2.45, 2.75) is 20.3 Å². The SMILES string of the molecule is CC[NH+](CC)CCCNC(=O)c1c(O)c2cc(OC)c(OC)cc2[nH]c1=O.[Cl-]. The van der Waals surface area contributed by atoms with Crippen molar-refractivity contribution in [3.63, 3.8) is 0 Å². The van der Waals surface area contributed by atoms with E-state index in [1.165, 1.54) is 25.2 Å². The molecule has 0 bridgehead atoms. The van der Waals surface area contributed by atoms with Crippen molar-refractivity contribution in [3.8, 4) is 17.2 Å². The molecule has 28 heavy (non-hydrogen) atoms. The Kier molecular flexibility index (Phi) is 9.08. The molecule has 9 heteroatoms. The molecule has 8 nitrogen and oxygen atoms in total. The Morgan fingerprint density at radius 2 is 1.79 bits per heavy atom. The molecule has 156 valence electrons. The first kappa shape index (κ1) is 23.6. The highest BCUT2D eigenvalue weighted by molar-refractivity contribution is 6.02. The van der Waals surface area contributed by atoms with Crippen LogP contribution in [-0.4, -0.2) is 56.4 Å². The highest BCUT2D eigenvalue weighted by atomic mass is 35.5. The van der Waals surface area contributed by atoms with Gasteiger partial charge in [0.2, 0.25) is 0 Å². The third-order valence-corrected chi connectivity index (χ3v) is 4.71. The molecule has 0 aliphatic rings. The van der Waals surface area contributed by atoms with E-state index in [1.54, 1.807) is 6.07 Å². The van der Waals surface area contributed by atoms with Crippen LogP contribution in [0.4, 0.5) is 0 Å². The maximum absolute atomic E-state index is 12.4. The molecule has 0 unspecified atom stereocenters. The third kappa shape index (κ3) is 5.08. The Morgan fingerprint density at radius 1 is 1.18 bits per heavy atom. The first-order valence-corrected chi connectivity index (χ1v) is 9.09. The molecule has 0 spiro atoms. The monoisotopic (exact) mass is 413 g/mol. The van der Waals surface area contributed by atoms with Crippen molar-refractivity contribution in [2.24, 2.45) is 0 Å². The van der Waals surface area contributed by atoms with E-state index in [2.05, 4.69) is 24.1 Å². The highest BCUT2D eigenvalue weighted by Crippen LogP contribution is 2.35. The van der Waals surface area contributed by atoms with Crippen LogP contribution in [-0.2, 0) is 0 Å². The van der Waals surface area contributed by atoms with Gasteiger partial charge in [0.1, 0.15) is 11.3 Å². The van der Waals surface area contributed by atoms with E-state index in [4.69, 9.17) is 9.47 Å². The molecule has 0 atom stereocenters. The molecule has 0 fully saturated rings. The minimum atomic E-state index is -0.654. The summed E-state index contributed by atoms with van der Waals surface area (Å²) in [5.41, 5.74) is -0.596. The van der Waals surface area contributed by atoms with E-state index < -0.39 is 11.5 Å². The number of H-pyrrole nitrogens is 1. The number of carbonyl (C=O) groups is 1. The number of fused-ring (bicyclic) bond motifs is 1. The number of pyridine rings is 1. The summed E-state index contributed by atoms with van der Waals surface area (Å²) in [5, 5.41) is 13.5. The van der Waals surface area contributed by atoms with E-state index >= 15 is 0 Å². The Morgan fingerprint density at radius 3 is 2.36 bits per heavy atom. The third-order valence-electron chi connectivity index (χ3n) is 4.71. The number of aromatic nitrogens is 1. The minimum absolute atomic E-state index is 0. The van der Waals surface area contributed by atoms with E-state index in [1.807, 2.05) is 0 Å². The number of methoxy groups -OCH3 is 2. The molecule has 0 saturated carbocycles. The summed E-state index contributed by atoms with van der Waals surface area (Å²) < 4.78 is 10.4. The maximum atomic E-state index is 12.4. The van der Waals surface area contributed by atoms with Crippen LogP contribution in [0.5, 0.6) is 17.2 Å². The van der Waals surface area contributed by atoms with Crippen LogP contribution in [0.1, 0.15) is 30.6 Å². The number of benzene rings is 1. The molecule has 1 amide bonds. The van der Waals surface area contributed by atoms with Gasteiger partial charge in [-0.25, -0.2) is 0 Å². The maximum Gasteiger partial charge on any atom is 0.265 e. The van der Waals surface area contributed by atoms with Crippen molar-refractivity contribution < 1.29 is 36.7 Å². The zero-order valence-corrected chi connectivity index (χ0v) is 17.4. The lowest BCUT2D eigenvalue weighted by Gasteiger charge is -2.15. The van der Waals surface area contributed by atoms with Gasteiger partial charge < -0.3 is 42.2 Å². The Labute approximate surface area is 170 Å². The Bertz CT molecular complexity index is 865. The Hall–Kier alpha value is -2.45. The molecule has 1 aromatic heterocycles. The lowest BCUT2D eigenvalue weighted by atomic mass is 10.1. The largest absolute Gasteiger partial charge is 1.00 e.